The molecule has 1 atom stereocenters. The molecule has 4 rings (SSSR count). The van der Waals surface area contributed by atoms with Crippen molar-refractivity contribution >= 4 is 17.1 Å². The van der Waals surface area contributed by atoms with Gasteiger partial charge in [-0.25, -0.2) is 9.78 Å². The first-order valence-corrected chi connectivity index (χ1v) is 7.89. The Labute approximate surface area is 138 Å². The highest BCUT2D eigenvalue weighted by Gasteiger charge is 2.31. The molecule has 0 unspecified atom stereocenters. The molecule has 3 aromatic rings. The van der Waals surface area contributed by atoms with Gasteiger partial charge in [-0.2, -0.15) is 0 Å². The molecule has 1 amide bonds. The van der Waals surface area contributed by atoms with Crippen molar-refractivity contribution in [2.45, 2.75) is 12.5 Å². The van der Waals surface area contributed by atoms with Crippen molar-refractivity contribution in [2.24, 2.45) is 7.05 Å². The van der Waals surface area contributed by atoms with E-state index in [1.54, 1.807) is 51.7 Å². The molecule has 1 aliphatic heterocycles. The molecule has 0 radical (unpaired) electrons. The van der Waals surface area contributed by atoms with Crippen LogP contribution >= 0.6 is 0 Å². The molecule has 24 heavy (non-hydrogen) atoms. The van der Waals surface area contributed by atoms with Gasteiger partial charge in [0.25, 0.3) is 5.91 Å². The van der Waals surface area contributed by atoms with Crippen molar-refractivity contribution in [3.05, 3.63) is 58.9 Å². The average Bonchev–Trinajstić information content (AvgIpc) is 3.19. The van der Waals surface area contributed by atoms with Gasteiger partial charge in [0.15, 0.2) is 5.65 Å². The lowest BCUT2D eigenvalue weighted by Crippen LogP contribution is -2.32. The van der Waals surface area contributed by atoms with Gasteiger partial charge in [-0.3, -0.25) is 18.9 Å². The van der Waals surface area contributed by atoms with Crippen molar-refractivity contribution in [1.82, 2.24) is 24.0 Å². The van der Waals surface area contributed by atoms with Crippen LogP contribution in [-0.4, -0.2) is 43.0 Å². The standard InChI is InChI=1S/C17H17N5O2/c1-20-14-6-4-9-19-15(14)22(17(20)24)12-7-10-21(11-12)16(23)13-5-2-3-8-18-13/h2-6,8-9,12H,7,10-11H2,1H3/t12-/m0/s1. The number of imidazole rings is 1. The third-order valence-electron chi connectivity index (χ3n) is 4.55. The van der Waals surface area contributed by atoms with Crippen LogP contribution in [0.1, 0.15) is 23.0 Å². The first kappa shape index (κ1) is 14.6. The summed E-state index contributed by atoms with van der Waals surface area (Å²) in [5, 5.41) is 0. The van der Waals surface area contributed by atoms with E-state index in [2.05, 4.69) is 9.97 Å². The topological polar surface area (TPSA) is 73.0 Å². The number of amides is 1. The van der Waals surface area contributed by atoms with Crippen LogP contribution in [0.25, 0.3) is 11.2 Å². The van der Waals surface area contributed by atoms with Crippen LogP contribution < -0.4 is 5.69 Å². The highest BCUT2D eigenvalue weighted by Crippen LogP contribution is 2.24. The van der Waals surface area contributed by atoms with E-state index in [0.29, 0.717) is 24.4 Å². The van der Waals surface area contributed by atoms with Gasteiger partial charge >= 0.3 is 5.69 Å². The molecule has 1 aliphatic rings. The van der Waals surface area contributed by atoms with Crippen molar-refractivity contribution in [3.8, 4) is 0 Å². The lowest BCUT2D eigenvalue weighted by molar-refractivity contribution is 0.0782. The van der Waals surface area contributed by atoms with Gasteiger partial charge in [-0.1, -0.05) is 6.07 Å². The number of hydrogen-bond acceptors (Lipinski definition) is 4. The van der Waals surface area contributed by atoms with E-state index in [1.165, 1.54) is 0 Å². The zero-order valence-corrected chi connectivity index (χ0v) is 13.3. The van der Waals surface area contributed by atoms with E-state index in [-0.39, 0.29) is 17.6 Å². The van der Waals surface area contributed by atoms with Crippen LogP contribution in [-0.2, 0) is 7.05 Å². The van der Waals surface area contributed by atoms with Crippen LogP contribution in [0.15, 0.2) is 47.5 Å². The molecule has 0 spiro atoms. The van der Waals surface area contributed by atoms with Crippen LogP contribution in [0.4, 0.5) is 0 Å². The summed E-state index contributed by atoms with van der Waals surface area (Å²) in [5.74, 6) is -0.0978. The molecule has 1 fully saturated rings. The molecule has 0 aliphatic carbocycles. The summed E-state index contributed by atoms with van der Waals surface area (Å²) in [6, 6.07) is 8.92. The van der Waals surface area contributed by atoms with E-state index in [1.807, 2.05) is 12.1 Å². The molecule has 0 saturated carbocycles. The van der Waals surface area contributed by atoms with Crippen LogP contribution in [0.2, 0.25) is 0 Å². The Balaban J connectivity index is 1.66. The Kier molecular flexibility index (Phi) is 3.41. The van der Waals surface area contributed by atoms with Crippen molar-refractivity contribution in [3.63, 3.8) is 0 Å². The summed E-state index contributed by atoms with van der Waals surface area (Å²) in [7, 11) is 1.74. The third-order valence-corrected chi connectivity index (χ3v) is 4.55. The number of hydrogen-bond donors (Lipinski definition) is 0. The Morgan fingerprint density at radius 1 is 1.17 bits per heavy atom. The second-order valence-corrected chi connectivity index (χ2v) is 5.97. The average molecular weight is 323 g/mol. The number of carbonyl (C=O) groups is 1. The maximum absolute atomic E-state index is 12.6. The fourth-order valence-corrected chi connectivity index (χ4v) is 3.31. The maximum atomic E-state index is 12.6. The number of rotatable bonds is 2. The van der Waals surface area contributed by atoms with Crippen LogP contribution in [0.3, 0.4) is 0 Å². The Bertz CT molecular complexity index is 960. The molecule has 1 saturated heterocycles. The molecule has 122 valence electrons. The minimum absolute atomic E-state index is 0.0660. The third kappa shape index (κ3) is 2.20. The number of aromatic nitrogens is 4. The normalized spacial score (nSPS) is 17.5. The highest BCUT2D eigenvalue weighted by atomic mass is 16.2. The number of likely N-dealkylation sites (tertiary alicyclic amines) is 1. The van der Waals surface area contributed by atoms with E-state index < -0.39 is 0 Å². The molecular weight excluding hydrogens is 306 g/mol. The van der Waals surface area contributed by atoms with Gasteiger partial charge < -0.3 is 4.90 Å². The molecule has 7 nitrogen and oxygen atoms in total. The fraction of sp³-hybridized carbons (Fsp3) is 0.294. The second kappa shape index (κ2) is 5.59. The second-order valence-electron chi connectivity index (χ2n) is 5.97. The molecular formula is C17H17N5O2. The van der Waals surface area contributed by atoms with Crippen molar-refractivity contribution in [2.75, 3.05) is 13.1 Å². The lowest BCUT2D eigenvalue weighted by Gasteiger charge is -2.16. The monoisotopic (exact) mass is 323 g/mol. The highest BCUT2D eigenvalue weighted by molar-refractivity contribution is 5.92. The lowest BCUT2D eigenvalue weighted by atomic mass is 10.2. The Morgan fingerprint density at radius 3 is 2.79 bits per heavy atom. The van der Waals surface area contributed by atoms with Gasteiger partial charge in [0.1, 0.15) is 5.69 Å². The molecule has 7 heteroatoms. The molecule has 0 N–H and O–H groups in total. The predicted molar refractivity (Wildman–Crippen MR) is 88.8 cm³/mol. The van der Waals surface area contributed by atoms with Crippen molar-refractivity contribution in [1.29, 1.82) is 0 Å². The zero-order chi connectivity index (χ0) is 16.7. The zero-order valence-electron chi connectivity index (χ0n) is 13.3. The molecule has 0 bridgehead atoms. The van der Waals surface area contributed by atoms with Gasteiger partial charge in [0.2, 0.25) is 0 Å². The SMILES string of the molecule is Cn1c(=O)n([C@H]2CCN(C(=O)c3ccccn3)C2)c2ncccc21. The summed E-state index contributed by atoms with van der Waals surface area (Å²) in [6.07, 6.45) is 4.03. The number of pyridine rings is 2. The first-order valence-electron chi connectivity index (χ1n) is 7.89. The number of fused-ring (bicyclic) bond motifs is 1. The largest absolute Gasteiger partial charge is 0.335 e. The van der Waals surface area contributed by atoms with Gasteiger partial charge in [-0.05, 0) is 30.7 Å². The number of nitrogens with zero attached hydrogens (tertiary/aromatic N) is 5. The van der Waals surface area contributed by atoms with Crippen LogP contribution in [0.5, 0.6) is 0 Å². The summed E-state index contributed by atoms with van der Waals surface area (Å²) < 4.78 is 3.31. The van der Waals surface area contributed by atoms with E-state index in [9.17, 15) is 9.59 Å². The fourth-order valence-electron chi connectivity index (χ4n) is 3.31. The van der Waals surface area contributed by atoms with E-state index in [4.69, 9.17) is 0 Å². The summed E-state index contributed by atoms with van der Waals surface area (Å²) in [5.41, 5.74) is 1.81. The Hall–Kier alpha value is -2.96. The summed E-state index contributed by atoms with van der Waals surface area (Å²) in [6.45, 7) is 1.10. The predicted octanol–water partition coefficient (Wildman–Crippen LogP) is 1.22. The van der Waals surface area contributed by atoms with Gasteiger partial charge in [-0.15, -0.1) is 0 Å². The van der Waals surface area contributed by atoms with Gasteiger partial charge in [0.05, 0.1) is 11.6 Å². The number of carbonyl (C=O) groups excluding carboxylic acids is 1. The minimum atomic E-state index is -0.0978. The summed E-state index contributed by atoms with van der Waals surface area (Å²) >= 11 is 0. The smallest absolute Gasteiger partial charge is 0.330 e. The van der Waals surface area contributed by atoms with E-state index >= 15 is 0 Å². The maximum Gasteiger partial charge on any atom is 0.330 e. The minimum Gasteiger partial charge on any atom is -0.335 e. The van der Waals surface area contributed by atoms with E-state index in [0.717, 1.165) is 11.9 Å². The molecule has 4 heterocycles. The first-order chi connectivity index (χ1) is 11.7. The Morgan fingerprint density at radius 2 is 2.00 bits per heavy atom. The van der Waals surface area contributed by atoms with Crippen molar-refractivity contribution < 1.29 is 4.79 Å². The molecule has 0 aromatic carbocycles. The summed E-state index contributed by atoms with van der Waals surface area (Å²) in [4.78, 5) is 35.4. The van der Waals surface area contributed by atoms with Crippen LogP contribution in [0, 0.1) is 0 Å². The number of aryl methyl sites for hydroxylation is 1. The van der Waals surface area contributed by atoms with Gasteiger partial charge in [0, 0.05) is 32.5 Å². The quantitative estimate of drug-likeness (QED) is 0.711. The molecule has 3 aromatic heterocycles.